The average molecular weight is 191 g/mol. The first kappa shape index (κ1) is 9.69. The van der Waals surface area contributed by atoms with Crippen molar-refractivity contribution in [3.05, 3.63) is 35.4 Å². The van der Waals surface area contributed by atoms with Crippen LogP contribution in [0.4, 0.5) is 0 Å². The lowest BCUT2D eigenvalue weighted by atomic mass is 9.99. The van der Waals surface area contributed by atoms with Crippen LogP contribution in [-0.4, -0.2) is 18.7 Å². The van der Waals surface area contributed by atoms with E-state index in [-0.39, 0.29) is 6.10 Å². The maximum Gasteiger partial charge on any atom is 0.0917 e. The summed E-state index contributed by atoms with van der Waals surface area (Å²) in [5.41, 5.74) is 2.44. The molecule has 1 unspecified atom stereocenters. The molecule has 2 heteroatoms. The van der Waals surface area contributed by atoms with Crippen molar-refractivity contribution in [1.29, 1.82) is 0 Å². The van der Waals surface area contributed by atoms with Crippen LogP contribution in [0.1, 0.15) is 36.0 Å². The number of benzene rings is 1. The van der Waals surface area contributed by atoms with Crippen LogP contribution in [0, 0.1) is 0 Å². The van der Waals surface area contributed by atoms with Crippen LogP contribution in [0.15, 0.2) is 24.3 Å². The van der Waals surface area contributed by atoms with E-state index in [4.69, 9.17) is 0 Å². The third-order valence-electron chi connectivity index (χ3n) is 2.77. The maximum absolute atomic E-state index is 9.92. The van der Waals surface area contributed by atoms with Gasteiger partial charge in [0.25, 0.3) is 0 Å². The highest BCUT2D eigenvalue weighted by atomic mass is 16.3. The van der Waals surface area contributed by atoms with Gasteiger partial charge in [0.15, 0.2) is 0 Å². The SMILES string of the molecule is CNCC(O)c1ccccc1C1CC1. The Hall–Kier alpha value is -0.860. The van der Waals surface area contributed by atoms with Gasteiger partial charge in [0, 0.05) is 6.54 Å². The van der Waals surface area contributed by atoms with E-state index in [2.05, 4.69) is 17.4 Å². The average Bonchev–Trinajstić information content (AvgIpc) is 3.01. The topological polar surface area (TPSA) is 32.3 Å². The first-order valence-electron chi connectivity index (χ1n) is 5.24. The van der Waals surface area contributed by atoms with Gasteiger partial charge in [0.2, 0.25) is 0 Å². The van der Waals surface area contributed by atoms with Gasteiger partial charge in [-0.2, -0.15) is 0 Å². The summed E-state index contributed by atoms with van der Waals surface area (Å²) in [5.74, 6) is 0.706. The molecule has 0 heterocycles. The lowest BCUT2D eigenvalue weighted by Gasteiger charge is -2.14. The minimum Gasteiger partial charge on any atom is -0.387 e. The van der Waals surface area contributed by atoms with Gasteiger partial charge < -0.3 is 10.4 Å². The van der Waals surface area contributed by atoms with Gasteiger partial charge in [0.1, 0.15) is 0 Å². The third kappa shape index (κ3) is 1.97. The maximum atomic E-state index is 9.92. The molecule has 1 saturated carbocycles. The Kier molecular flexibility index (Phi) is 2.85. The smallest absolute Gasteiger partial charge is 0.0917 e. The van der Waals surface area contributed by atoms with Crippen molar-refractivity contribution in [2.24, 2.45) is 0 Å². The zero-order chi connectivity index (χ0) is 9.97. The van der Waals surface area contributed by atoms with Gasteiger partial charge in [-0.15, -0.1) is 0 Å². The normalized spacial score (nSPS) is 18.1. The monoisotopic (exact) mass is 191 g/mol. The van der Waals surface area contributed by atoms with E-state index in [1.807, 2.05) is 19.2 Å². The molecular formula is C12H17NO. The molecule has 0 amide bonds. The van der Waals surface area contributed by atoms with E-state index in [0.717, 1.165) is 5.56 Å². The molecule has 1 aliphatic carbocycles. The Morgan fingerprint density at radius 1 is 1.43 bits per heavy atom. The van der Waals surface area contributed by atoms with Crippen molar-refractivity contribution in [2.75, 3.05) is 13.6 Å². The van der Waals surface area contributed by atoms with E-state index in [0.29, 0.717) is 12.5 Å². The second-order valence-electron chi connectivity index (χ2n) is 3.98. The summed E-state index contributed by atoms with van der Waals surface area (Å²) in [5, 5.41) is 12.9. The quantitative estimate of drug-likeness (QED) is 0.761. The minimum absolute atomic E-state index is 0.364. The molecule has 1 aromatic rings. The van der Waals surface area contributed by atoms with Crippen LogP contribution < -0.4 is 5.32 Å². The van der Waals surface area contributed by atoms with Crippen LogP contribution in [0.5, 0.6) is 0 Å². The van der Waals surface area contributed by atoms with Crippen LogP contribution in [-0.2, 0) is 0 Å². The molecule has 2 rings (SSSR count). The highest BCUT2D eigenvalue weighted by Gasteiger charge is 2.27. The molecule has 0 spiro atoms. The van der Waals surface area contributed by atoms with E-state index >= 15 is 0 Å². The second-order valence-corrected chi connectivity index (χ2v) is 3.98. The van der Waals surface area contributed by atoms with Crippen molar-refractivity contribution in [2.45, 2.75) is 24.9 Å². The fourth-order valence-corrected chi connectivity index (χ4v) is 1.88. The number of nitrogens with one attached hydrogen (secondary N) is 1. The summed E-state index contributed by atoms with van der Waals surface area (Å²) in [7, 11) is 1.86. The number of aliphatic hydroxyl groups excluding tert-OH is 1. The van der Waals surface area contributed by atoms with Gasteiger partial charge in [-0.25, -0.2) is 0 Å². The zero-order valence-electron chi connectivity index (χ0n) is 8.53. The summed E-state index contributed by atoms with van der Waals surface area (Å²) in [6, 6.07) is 8.24. The molecule has 1 fully saturated rings. The number of likely N-dealkylation sites (N-methyl/N-ethyl adjacent to an activating group) is 1. The Bertz CT molecular complexity index is 307. The molecule has 1 atom stereocenters. The zero-order valence-corrected chi connectivity index (χ0v) is 8.53. The summed E-state index contributed by atoms with van der Waals surface area (Å²) in [4.78, 5) is 0. The molecule has 0 aromatic heterocycles. The van der Waals surface area contributed by atoms with E-state index < -0.39 is 0 Å². The summed E-state index contributed by atoms with van der Waals surface area (Å²) in [6.07, 6.45) is 2.20. The fourth-order valence-electron chi connectivity index (χ4n) is 1.88. The van der Waals surface area contributed by atoms with Gasteiger partial charge in [-0.1, -0.05) is 24.3 Å². The number of aliphatic hydroxyl groups is 1. The molecule has 1 aliphatic rings. The van der Waals surface area contributed by atoms with Crippen LogP contribution in [0.3, 0.4) is 0 Å². The summed E-state index contributed by atoms with van der Waals surface area (Å²) >= 11 is 0. The van der Waals surface area contributed by atoms with Crippen molar-refractivity contribution in [3.8, 4) is 0 Å². The molecule has 14 heavy (non-hydrogen) atoms. The second kappa shape index (κ2) is 4.11. The molecular weight excluding hydrogens is 174 g/mol. The van der Waals surface area contributed by atoms with Gasteiger partial charge in [0.05, 0.1) is 6.10 Å². The summed E-state index contributed by atoms with van der Waals surface area (Å²) < 4.78 is 0. The largest absolute Gasteiger partial charge is 0.387 e. The van der Waals surface area contributed by atoms with Crippen molar-refractivity contribution in [3.63, 3.8) is 0 Å². The number of rotatable bonds is 4. The predicted molar refractivity (Wildman–Crippen MR) is 57.3 cm³/mol. The summed E-state index contributed by atoms with van der Waals surface area (Å²) in [6.45, 7) is 0.629. The fraction of sp³-hybridized carbons (Fsp3) is 0.500. The Morgan fingerprint density at radius 2 is 2.14 bits per heavy atom. The van der Waals surface area contributed by atoms with Gasteiger partial charge in [-0.05, 0) is 36.9 Å². The van der Waals surface area contributed by atoms with Crippen LogP contribution in [0.25, 0.3) is 0 Å². The Balaban J connectivity index is 2.21. The molecule has 0 saturated heterocycles. The number of hydrogen-bond donors (Lipinski definition) is 2. The van der Waals surface area contributed by atoms with Crippen molar-refractivity contribution >= 4 is 0 Å². The third-order valence-corrected chi connectivity index (χ3v) is 2.77. The lowest BCUT2D eigenvalue weighted by molar-refractivity contribution is 0.176. The number of hydrogen-bond acceptors (Lipinski definition) is 2. The lowest BCUT2D eigenvalue weighted by Crippen LogP contribution is -2.17. The van der Waals surface area contributed by atoms with Crippen molar-refractivity contribution < 1.29 is 5.11 Å². The van der Waals surface area contributed by atoms with Crippen LogP contribution >= 0.6 is 0 Å². The van der Waals surface area contributed by atoms with Crippen LogP contribution in [0.2, 0.25) is 0 Å². The standard InChI is InChI=1S/C12H17NO/c1-13-8-12(14)11-5-3-2-4-10(11)9-6-7-9/h2-5,9,12-14H,6-8H2,1H3. The molecule has 76 valence electrons. The van der Waals surface area contributed by atoms with E-state index in [9.17, 15) is 5.11 Å². The molecule has 2 nitrogen and oxygen atoms in total. The highest BCUT2D eigenvalue weighted by Crippen LogP contribution is 2.42. The van der Waals surface area contributed by atoms with Crippen molar-refractivity contribution in [1.82, 2.24) is 5.32 Å². The molecule has 0 radical (unpaired) electrons. The predicted octanol–water partition coefficient (Wildman–Crippen LogP) is 1.82. The van der Waals surface area contributed by atoms with Gasteiger partial charge >= 0.3 is 0 Å². The van der Waals surface area contributed by atoms with E-state index in [1.54, 1.807) is 0 Å². The highest BCUT2D eigenvalue weighted by molar-refractivity contribution is 5.34. The van der Waals surface area contributed by atoms with E-state index in [1.165, 1.54) is 18.4 Å². The minimum atomic E-state index is -0.364. The first-order chi connectivity index (χ1) is 6.83. The Labute approximate surface area is 85.0 Å². The first-order valence-corrected chi connectivity index (χ1v) is 5.24. The molecule has 2 N–H and O–H groups in total. The Morgan fingerprint density at radius 3 is 2.79 bits per heavy atom. The molecule has 1 aromatic carbocycles. The molecule has 0 aliphatic heterocycles. The van der Waals surface area contributed by atoms with Gasteiger partial charge in [-0.3, -0.25) is 0 Å². The molecule has 0 bridgehead atoms.